The van der Waals surface area contributed by atoms with E-state index in [0.717, 1.165) is 4.47 Å². The highest BCUT2D eigenvalue weighted by Crippen LogP contribution is 2.17. The topological polar surface area (TPSA) is 59.1 Å². The second-order valence-corrected chi connectivity index (χ2v) is 7.06. The highest BCUT2D eigenvalue weighted by molar-refractivity contribution is 9.10. The van der Waals surface area contributed by atoms with Crippen molar-refractivity contribution < 1.29 is 19.1 Å². The van der Waals surface area contributed by atoms with Crippen LogP contribution in [0.5, 0.6) is 11.5 Å². The number of ether oxygens (including phenoxy) is 2. The summed E-state index contributed by atoms with van der Waals surface area (Å²) in [5, 5.41) is 0. The van der Waals surface area contributed by atoms with E-state index >= 15 is 0 Å². The third-order valence-electron chi connectivity index (χ3n) is 4.43. The summed E-state index contributed by atoms with van der Waals surface area (Å²) in [5.41, 5.74) is 0.620. The Kier molecular flexibility index (Phi) is 6.34. The van der Waals surface area contributed by atoms with Crippen LogP contribution in [0, 0.1) is 0 Å². The molecule has 1 aliphatic rings. The molecule has 0 bridgehead atoms. The van der Waals surface area contributed by atoms with Crippen LogP contribution in [0.25, 0.3) is 0 Å². The van der Waals surface area contributed by atoms with Crippen LogP contribution in [0.15, 0.2) is 53.0 Å². The van der Waals surface area contributed by atoms with Crippen LogP contribution < -0.4 is 9.47 Å². The lowest BCUT2D eigenvalue weighted by Crippen LogP contribution is -2.51. The van der Waals surface area contributed by atoms with Gasteiger partial charge in [0.2, 0.25) is 0 Å². The van der Waals surface area contributed by atoms with Crippen molar-refractivity contribution >= 4 is 27.7 Å². The second kappa shape index (κ2) is 8.90. The molecular formula is C20H21BrN2O4. The number of piperazine rings is 1. The predicted molar refractivity (Wildman–Crippen MR) is 105 cm³/mol. The molecule has 3 rings (SSSR count). The molecule has 0 saturated carbocycles. The van der Waals surface area contributed by atoms with E-state index < -0.39 is 0 Å². The number of carbonyl (C=O) groups is 2. The Balaban J connectivity index is 1.48. The summed E-state index contributed by atoms with van der Waals surface area (Å²) in [4.78, 5) is 28.4. The maximum atomic E-state index is 12.6. The van der Waals surface area contributed by atoms with Crippen molar-refractivity contribution in [1.82, 2.24) is 9.80 Å². The molecule has 27 heavy (non-hydrogen) atoms. The van der Waals surface area contributed by atoms with Crippen molar-refractivity contribution in [3.63, 3.8) is 0 Å². The third kappa shape index (κ3) is 5.01. The quantitative estimate of drug-likeness (QED) is 0.728. The lowest BCUT2D eigenvalue weighted by atomic mass is 10.1. The molecule has 6 nitrogen and oxygen atoms in total. The van der Waals surface area contributed by atoms with Crippen LogP contribution in [0.4, 0.5) is 0 Å². The van der Waals surface area contributed by atoms with Gasteiger partial charge in [0.15, 0.2) is 6.61 Å². The Labute approximate surface area is 166 Å². The summed E-state index contributed by atoms with van der Waals surface area (Å²) < 4.78 is 11.6. The first-order valence-corrected chi connectivity index (χ1v) is 9.45. The molecule has 2 amide bonds. The molecule has 2 aromatic carbocycles. The van der Waals surface area contributed by atoms with Crippen LogP contribution >= 0.6 is 15.9 Å². The number of methoxy groups -OCH3 is 1. The van der Waals surface area contributed by atoms with Gasteiger partial charge in [-0.2, -0.15) is 0 Å². The summed E-state index contributed by atoms with van der Waals surface area (Å²) in [5.74, 6) is 1.26. The number of benzene rings is 2. The van der Waals surface area contributed by atoms with E-state index in [2.05, 4.69) is 15.9 Å². The number of hydrogen-bond acceptors (Lipinski definition) is 4. The van der Waals surface area contributed by atoms with E-state index in [-0.39, 0.29) is 18.4 Å². The SMILES string of the molecule is COc1ccc(C(=O)N2CCN(C(=O)COc3ccc(Br)cc3)CC2)cc1. The van der Waals surface area contributed by atoms with Gasteiger partial charge in [0.1, 0.15) is 11.5 Å². The van der Waals surface area contributed by atoms with Crippen LogP contribution in [0.2, 0.25) is 0 Å². The predicted octanol–water partition coefficient (Wildman–Crippen LogP) is 2.82. The lowest BCUT2D eigenvalue weighted by Gasteiger charge is -2.34. The first-order chi connectivity index (χ1) is 13.1. The molecule has 1 aliphatic heterocycles. The van der Waals surface area contributed by atoms with Gasteiger partial charge in [-0.3, -0.25) is 9.59 Å². The van der Waals surface area contributed by atoms with Crippen LogP contribution in [0.1, 0.15) is 10.4 Å². The molecular weight excluding hydrogens is 412 g/mol. The van der Waals surface area contributed by atoms with E-state index in [9.17, 15) is 9.59 Å². The molecule has 0 radical (unpaired) electrons. The second-order valence-electron chi connectivity index (χ2n) is 6.14. The number of nitrogens with zero attached hydrogens (tertiary/aromatic N) is 2. The van der Waals surface area contributed by atoms with Crippen molar-refractivity contribution in [1.29, 1.82) is 0 Å². The Morgan fingerprint density at radius 2 is 1.44 bits per heavy atom. The van der Waals surface area contributed by atoms with E-state index in [1.54, 1.807) is 41.2 Å². The molecule has 0 atom stereocenters. The standard InChI is InChI=1S/C20H21BrN2O4/c1-26-17-6-2-15(3-7-17)20(25)23-12-10-22(11-13-23)19(24)14-27-18-8-4-16(21)5-9-18/h2-9H,10-14H2,1H3. The van der Waals surface area contributed by atoms with Crippen LogP contribution in [-0.4, -0.2) is 61.5 Å². The van der Waals surface area contributed by atoms with Crippen molar-refractivity contribution in [2.45, 2.75) is 0 Å². The van der Waals surface area contributed by atoms with Crippen molar-refractivity contribution in [2.24, 2.45) is 0 Å². The minimum absolute atomic E-state index is 0.00589. The average molecular weight is 433 g/mol. The van der Waals surface area contributed by atoms with E-state index in [0.29, 0.717) is 43.2 Å². The average Bonchev–Trinajstić information content (AvgIpc) is 2.73. The van der Waals surface area contributed by atoms with E-state index in [1.165, 1.54) is 0 Å². The van der Waals surface area contributed by atoms with Gasteiger partial charge in [0, 0.05) is 36.2 Å². The van der Waals surface area contributed by atoms with Gasteiger partial charge in [-0.15, -0.1) is 0 Å². The molecule has 0 unspecified atom stereocenters. The monoisotopic (exact) mass is 432 g/mol. The zero-order chi connectivity index (χ0) is 19.2. The Bertz CT molecular complexity index is 785. The minimum atomic E-state index is -0.0746. The largest absolute Gasteiger partial charge is 0.497 e. The molecule has 0 aromatic heterocycles. The zero-order valence-electron chi connectivity index (χ0n) is 15.1. The minimum Gasteiger partial charge on any atom is -0.497 e. The van der Waals surface area contributed by atoms with Crippen molar-refractivity contribution in [3.8, 4) is 11.5 Å². The van der Waals surface area contributed by atoms with Gasteiger partial charge in [0.25, 0.3) is 11.8 Å². The normalized spacial score (nSPS) is 14.0. The molecule has 1 saturated heterocycles. The first kappa shape index (κ1) is 19.2. The fourth-order valence-corrected chi connectivity index (χ4v) is 3.11. The molecule has 0 spiro atoms. The number of halogens is 1. The summed E-state index contributed by atoms with van der Waals surface area (Å²) in [6, 6.07) is 14.4. The van der Waals surface area contributed by atoms with Crippen LogP contribution in [0.3, 0.4) is 0 Å². The molecule has 0 aliphatic carbocycles. The number of carbonyl (C=O) groups excluding carboxylic acids is 2. The number of hydrogen-bond donors (Lipinski definition) is 0. The fraction of sp³-hybridized carbons (Fsp3) is 0.300. The van der Waals surface area contributed by atoms with Gasteiger partial charge in [-0.25, -0.2) is 0 Å². The van der Waals surface area contributed by atoms with Gasteiger partial charge in [0.05, 0.1) is 7.11 Å². The van der Waals surface area contributed by atoms with Crippen LogP contribution in [-0.2, 0) is 4.79 Å². The van der Waals surface area contributed by atoms with Gasteiger partial charge in [-0.1, -0.05) is 15.9 Å². The molecule has 0 N–H and O–H groups in total. The summed E-state index contributed by atoms with van der Waals surface area (Å²) >= 11 is 3.36. The van der Waals surface area contributed by atoms with Crippen molar-refractivity contribution in [3.05, 3.63) is 58.6 Å². The summed E-state index contributed by atoms with van der Waals surface area (Å²) in [7, 11) is 1.59. The molecule has 1 heterocycles. The van der Waals surface area contributed by atoms with Gasteiger partial charge in [-0.05, 0) is 48.5 Å². The highest BCUT2D eigenvalue weighted by Gasteiger charge is 2.25. The third-order valence-corrected chi connectivity index (χ3v) is 4.96. The van der Waals surface area contributed by atoms with Gasteiger partial charge >= 0.3 is 0 Å². The Hall–Kier alpha value is -2.54. The molecule has 7 heteroatoms. The molecule has 142 valence electrons. The molecule has 1 fully saturated rings. The highest BCUT2D eigenvalue weighted by atomic mass is 79.9. The Morgan fingerprint density at radius 1 is 0.889 bits per heavy atom. The van der Waals surface area contributed by atoms with E-state index in [1.807, 2.05) is 24.3 Å². The lowest BCUT2D eigenvalue weighted by molar-refractivity contribution is -0.134. The smallest absolute Gasteiger partial charge is 0.260 e. The maximum absolute atomic E-state index is 12.6. The number of amides is 2. The molecule has 2 aromatic rings. The summed E-state index contributed by atoms with van der Waals surface area (Å²) in [6.07, 6.45) is 0. The van der Waals surface area contributed by atoms with Crippen molar-refractivity contribution in [2.75, 3.05) is 39.9 Å². The fourth-order valence-electron chi connectivity index (χ4n) is 2.84. The summed E-state index contributed by atoms with van der Waals surface area (Å²) in [6.45, 7) is 2.02. The van der Waals surface area contributed by atoms with E-state index in [4.69, 9.17) is 9.47 Å². The first-order valence-electron chi connectivity index (χ1n) is 8.66. The van der Waals surface area contributed by atoms with Gasteiger partial charge < -0.3 is 19.3 Å². The Morgan fingerprint density at radius 3 is 2.04 bits per heavy atom. The number of rotatable bonds is 5. The maximum Gasteiger partial charge on any atom is 0.260 e. The zero-order valence-corrected chi connectivity index (χ0v) is 16.6.